The number of carbonyl (C=O) groups excluding carboxylic acids is 3. The highest BCUT2D eigenvalue weighted by atomic mass is 35.5. The molecule has 3 heterocycles. The molecule has 2 aliphatic rings. The Morgan fingerprint density at radius 3 is 2.84 bits per heavy atom. The molecule has 0 spiro atoms. The summed E-state index contributed by atoms with van der Waals surface area (Å²) in [6, 6.07) is 3.56. The quantitative estimate of drug-likeness (QED) is 0.412. The second-order valence-electron chi connectivity index (χ2n) is 10.5. The Bertz CT molecular complexity index is 1440. The zero-order chi connectivity index (χ0) is 27.4. The number of nitrogens with two attached hydrogens (primary N) is 1. The van der Waals surface area contributed by atoms with Crippen LogP contribution in [0.4, 0.5) is 4.39 Å². The molecule has 2 amide bonds. The van der Waals surface area contributed by atoms with Crippen molar-refractivity contribution in [1.29, 1.82) is 0 Å². The number of likely N-dealkylation sites (N-methyl/N-ethyl adjacent to an activating group) is 1. The van der Waals surface area contributed by atoms with Gasteiger partial charge in [0.2, 0.25) is 11.7 Å². The van der Waals surface area contributed by atoms with Gasteiger partial charge in [-0.1, -0.05) is 11.6 Å². The number of ketones is 1. The van der Waals surface area contributed by atoms with E-state index in [9.17, 15) is 18.8 Å². The number of amides is 2. The van der Waals surface area contributed by atoms with Crippen molar-refractivity contribution in [1.82, 2.24) is 25.1 Å². The van der Waals surface area contributed by atoms with Gasteiger partial charge < -0.3 is 25.8 Å². The first kappa shape index (κ1) is 26.7. The molecule has 0 bridgehead atoms. The highest BCUT2D eigenvalue weighted by Gasteiger charge is 2.49. The molecule has 1 aliphatic heterocycles. The van der Waals surface area contributed by atoms with Crippen LogP contribution in [0.2, 0.25) is 5.02 Å². The van der Waals surface area contributed by atoms with Crippen LogP contribution in [-0.2, 0) is 17.8 Å². The zero-order valence-electron chi connectivity index (χ0n) is 21.4. The minimum atomic E-state index is -1.52. The summed E-state index contributed by atoms with van der Waals surface area (Å²) in [4.78, 5) is 52.3. The number of Topliss-reactive ketones (excluding diaryl/α,β-unsaturated/α-hetero) is 1. The van der Waals surface area contributed by atoms with Crippen LogP contribution in [-0.4, -0.2) is 76.6 Å². The van der Waals surface area contributed by atoms with Crippen molar-refractivity contribution < 1.29 is 18.8 Å². The molecule has 1 aromatic carbocycles. The summed E-state index contributed by atoms with van der Waals surface area (Å²) in [5.41, 5.74) is 6.72. The molecule has 3 atom stereocenters. The second-order valence-corrected chi connectivity index (χ2v) is 12.0. The van der Waals surface area contributed by atoms with Crippen LogP contribution in [0.15, 0.2) is 18.2 Å². The summed E-state index contributed by atoms with van der Waals surface area (Å²) in [6.45, 7) is 1.59. The number of thiazole rings is 1. The summed E-state index contributed by atoms with van der Waals surface area (Å²) in [5, 5.41) is 3.38. The van der Waals surface area contributed by atoms with Crippen LogP contribution in [0.3, 0.4) is 0 Å². The first-order valence-electron chi connectivity index (χ1n) is 12.5. The number of aromatic amines is 1. The monoisotopic (exact) mass is 560 g/mol. The van der Waals surface area contributed by atoms with E-state index in [4.69, 9.17) is 17.3 Å². The number of hydrogen-bond acceptors (Lipinski definition) is 7. The topological polar surface area (TPSA) is 124 Å². The lowest BCUT2D eigenvalue weighted by Crippen LogP contribution is -2.66. The number of fused-ring (bicyclic) bond motifs is 2. The van der Waals surface area contributed by atoms with Crippen molar-refractivity contribution in [3.8, 4) is 0 Å². The van der Waals surface area contributed by atoms with Crippen LogP contribution >= 0.6 is 22.9 Å². The molecule has 3 aromatic rings. The van der Waals surface area contributed by atoms with Crippen LogP contribution in [0.5, 0.6) is 0 Å². The van der Waals surface area contributed by atoms with Gasteiger partial charge in [-0.25, -0.2) is 9.37 Å². The Morgan fingerprint density at radius 1 is 1.34 bits per heavy atom. The second kappa shape index (κ2) is 10.0. The van der Waals surface area contributed by atoms with E-state index in [1.54, 1.807) is 20.2 Å². The number of nitrogens with zero attached hydrogens (tertiary/aromatic N) is 3. The van der Waals surface area contributed by atoms with Gasteiger partial charge in [-0.05, 0) is 44.5 Å². The third-order valence-corrected chi connectivity index (χ3v) is 8.99. The zero-order valence-corrected chi connectivity index (χ0v) is 23.0. The van der Waals surface area contributed by atoms with E-state index in [1.807, 2.05) is 7.05 Å². The molecule has 202 valence electrons. The minimum Gasteiger partial charge on any atom is -0.352 e. The average molecular weight is 561 g/mol. The molecule has 9 nitrogen and oxygen atoms in total. The Kier molecular flexibility index (Phi) is 7.06. The Hall–Kier alpha value is -2.86. The molecule has 3 unspecified atom stereocenters. The van der Waals surface area contributed by atoms with E-state index in [-0.39, 0.29) is 34.9 Å². The van der Waals surface area contributed by atoms with Crippen molar-refractivity contribution in [3.05, 3.63) is 50.3 Å². The maximum atomic E-state index is 14.6. The van der Waals surface area contributed by atoms with E-state index in [2.05, 4.69) is 20.2 Å². The fourth-order valence-corrected chi connectivity index (χ4v) is 6.66. The molecule has 4 N–H and O–H groups in total. The van der Waals surface area contributed by atoms with Crippen molar-refractivity contribution in [3.63, 3.8) is 0 Å². The number of benzene rings is 1. The summed E-state index contributed by atoms with van der Waals surface area (Å²) >= 11 is 7.25. The van der Waals surface area contributed by atoms with Crippen LogP contribution in [0.1, 0.15) is 50.1 Å². The fourth-order valence-electron chi connectivity index (χ4n) is 5.40. The largest absolute Gasteiger partial charge is 0.352 e. The van der Waals surface area contributed by atoms with Crippen LogP contribution in [0, 0.1) is 11.7 Å². The van der Waals surface area contributed by atoms with Gasteiger partial charge in [-0.2, -0.15) is 0 Å². The van der Waals surface area contributed by atoms with Gasteiger partial charge in [0.1, 0.15) is 5.54 Å². The molecular formula is C26H30ClFN6O3S. The standard InChI is InChI=1S/C26H30ClFN6O3S/c1-33(2)25(37)13-6-8-26(29,22(35)18-11-14-16(30-18)5-4-15(27)21(14)28)20(10-13)32-23(36)24-31-17-7-9-34(3)12-19(17)38-24/h4-5,11,13,20,30H,6-10,12,29H2,1-3H3,(H,32,36). The fraction of sp³-hybridized carbons (Fsp3) is 0.462. The average Bonchev–Trinajstić information content (AvgIpc) is 3.51. The minimum absolute atomic E-state index is 0.0526. The summed E-state index contributed by atoms with van der Waals surface area (Å²) < 4.78 is 14.6. The normalized spacial score (nSPS) is 23.7. The Labute approximate surface area is 228 Å². The SMILES string of the molecule is CN1CCc2nc(C(=O)NC3CC(C(=O)N(C)C)CCC3(N)C(=O)c3cc4c(F)c(Cl)ccc4[nH]3)sc2C1. The van der Waals surface area contributed by atoms with Crippen molar-refractivity contribution >= 4 is 51.4 Å². The van der Waals surface area contributed by atoms with E-state index in [1.165, 1.54) is 28.4 Å². The molecule has 1 fully saturated rings. The summed E-state index contributed by atoms with van der Waals surface area (Å²) in [7, 11) is 5.36. The van der Waals surface area contributed by atoms with E-state index in [0.29, 0.717) is 16.9 Å². The number of hydrogen-bond donors (Lipinski definition) is 3. The molecule has 0 radical (unpaired) electrons. The van der Waals surface area contributed by atoms with Crippen LogP contribution in [0.25, 0.3) is 10.9 Å². The van der Waals surface area contributed by atoms with Gasteiger partial charge in [0.15, 0.2) is 10.8 Å². The van der Waals surface area contributed by atoms with E-state index >= 15 is 0 Å². The highest BCUT2D eigenvalue weighted by Crippen LogP contribution is 2.36. The van der Waals surface area contributed by atoms with Crippen molar-refractivity contribution in [2.24, 2.45) is 11.7 Å². The number of halogens is 2. The van der Waals surface area contributed by atoms with Gasteiger partial charge in [0.05, 0.1) is 22.5 Å². The predicted octanol–water partition coefficient (Wildman–Crippen LogP) is 2.97. The molecule has 1 aliphatic carbocycles. The molecule has 5 rings (SSSR count). The number of carbonyl (C=O) groups is 3. The smallest absolute Gasteiger partial charge is 0.280 e. The molecule has 38 heavy (non-hydrogen) atoms. The maximum Gasteiger partial charge on any atom is 0.280 e. The first-order chi connectivity index (χ1) is 18.0. The summed E-state index contributed by atoms with van der Waals surface area (Å²) in [6.07, 6.45) is 1.50. The molecule has 0 saturated heterocycles. The lowest BCUT2D eigenvalue weighted by Gasteiger charge is -2.43. The number of aromatic nitrogens is 2. The number of nitrogens with one attached hydrogen (secondary N) is 2. The Morgan fingerprint density at radius 2 is 2.11 bits per heavy atom. The molecule has 12 heteroatoms. The summed E-state index contributed by atoms with van der Waals surface area (Å²) in [5.74, 6) is -2.02. The van der Waals surface area contributed by atoms with Crippen molar-refractivity contribution in [2.75, 3.05) is 27.7 Å². The van der Waals surface area contributed by atoms with Gasteiger partial charge in [-0.15, -0.1) is 11.3 Å². The Balaban J connectivity index is 1.46. The van der Waals surface area contributed by atoms with E-state index in [0.717, 1.165) is 30.1 Å². The first-order valence-corrected chi connectivity index (χ1v) is 13.7. The van der Waals surface area contributed by atoms with Crippen LogP contribution < -0.4 is 11.1 Å². The predicted molar refractivity (Wildman–Crippen MR) is 144 cm³/mol. The van der Waals surface area contributed by atoms with Crippen molar-refractivity contribution in [2.45, 2.75) is 43.8 Å². The maximum absolute atomic E-state index is 14.6. The molecule has 1 saturated carbocycles. The number of H-pyrrole nitrogens is 1. The number of rotatable bonds is 5. The van der Waals surface area contributed by atoms with Gasteiger partial charge in [0.25, 0.3) is 5.91 Å². The lowest BCUT2D eigenvalue weighted by molar-refractivity contribution is -0.134. The highest BCUT2D eigenvalue weighted by molar-refractivity contribution is 7.13. The van der Waals surface area contributed by atoms with Gasteiger partial charge in [-0.3, -0.25) is 14.4 Å². The van der Waals surface area contributed by atoms with Gasteiger partial charge >= 0.3 is 0 Å². The lowest BCUT2D eigenvalue weighted by atomic mass is 9.70. The third-order valence-electron chi connectivity index (χ3n) is 7.62. The molecular weight excluding hydrogens is 531 g/mol. The third kappa shape index (κ3) is 4.72. The van der Waals surface area contributed by atoms with Gasteiger partial charge in [0, 0.05) is 55.3 Å². The molecule has 2 aromatic heterocycles. The van der Waals surface area contributed by atoms with E-state index < -0.39 is 35.0 Å².